The number of benzene rings is 1. The lowest BCUT2D eigenvalue weighted by atomic mass is 10.1. The highest BCUT2D eigenvalue weighted by molar-refractivity contribution is 5.94. The molecule has 3 aromatic rings. The van der Waals surface area contributed by atoms with Crippen molar-refractivity contribution in [2.75, 3.05) is 58.8 Å². The molecule has 1 fully saturated rings. The molecule has 3 heterocycles. The first kappa shape index (κ1) is 29.0. The van der Waals surface area contributed by atoms with E-state index in [4.69, 9.17) is 14.2 Å². The Morgan fingerprint density at radius 3 is 2.25 bits per heavy atom. The summed E-state index contributed by atoms with van der Waals surface area (Å²) < 4.78 is 18.8. The van der Waals surface area contributed by atoms with Gasteiger partial charge in [-0.3, -0.25) is 10.2 Å². The van der Waals surface area contributed by atoms with Crippen LogP contribution >= 0.6 is 0 Å². The van der Waals surface area contributed by atoms with Crippen LogP contribution in [0, 0.1) is 6.92 Å². The standard InChI is InChI=1S/C29H40N6O5/c1-19-14-23(38-6)26(24(15-19)39-7)21-16-20-17-25(31-18-22(20)33(21)5)32-27(36)30-8-9-34-10-12-35(13-11-34)28(37)40-29(2,3)4/h14-18H,8-13H2,1-7H3,(H2,30,31,32,36). The summed E-state index contributed by atoms with van der Waals surface area (Å²) in [6.07, 6.45) is 1.46. The van der Waals surface area contributed by atoms with Gasteiger partial charge in [-0.15, -0.1) is 0 Å². The number of aromatic nitrogens is 2. The number of fused-ring (bicyclic) bond motifs is 1. The summed E-state index contributed by atoms with van der Waals surface area (Å²) in [4.78, 5) is 33.2. The summed E-state index contributed by atoms with van der Waals surface area (Å²) in [7, 11) is 5.25. The second kappa shape index (κ2) is 12.0. The third-order valence-electron chi connectivity index (χ3n) is 6.81. The molecule has 0 spiro atoms. The van der Waals surface area contributed by atoms with E-state index in [1.54, 1.807) is 25.3 Å². The lowest BCUT2D eigenvalue weighted by Gasteiger charge is -2.35. The third-order valence-corrected chi connectivity index (χ3v) is 6.81. The Hall–Kier alpha value is -3.99. The van der Waals surface area contributed by atoms with Crippen LogP contribution in [-0.2, 0) is 11.8 Å². The normalized spacial score (nSPS) is 14.2. The highest BCUT2D eigenvalue weighted by Crippen LogP contribution is 2.41. The van der Waals surface area contributed by atoms with Gasteiger partial charge in [-0.2, -0.15) is 0 Å². The summed E-state index contributed by atoms with van der Waals surface area (Å²) in [5.74, 6) is 1.90. The van der Waals surface area contributed by atoms with Crippen molar-refractivity contribution < 1.29 is 23.8 Å². The molecule has 4 rings (SSSR count). The second-order valence-electron chi connectivity index (χ2n) is 11.0. The Morgan fingerprint density at radius 2 is 1.65 bits per heavy atom. The number of amides is 3. The molecule has 1 aromatic carbocycles. The van der Waals surface area contributed by atoms with Crippen LogP contribution in [0.4, 0.5) is 15.4 Å². The Labute approximate surface area is 235 Å². The van der Waals surface area contributed by atoms with Gasteiger partial charge in [-0.05, 0) is 57.5 Å². The van der Waals surface area contributed by atoms with E-state index in [0.717, 1.165) is 52.3 Å². The van der Waals surface area contributed by atoms with Gasteiger partial charge in [0.05, 0.1) is 37.2 Å². The monoisotopic (exact) mass is 552 g/mol. The minimum atomic E-state index is -0.504. The first-order valence-corrected chi connectivity index (χ1v) is 13.4. The molecule has 0 aliphatic carbocycles. The maximum atomic E-state index is 12.6. The van der Waals surface area contributed by atoms with Gasteiger partial charge in [0, 0.05) is 51.7 Å². The molecule has 2 aromatic heterocycles. The highest BCUT2D eigenvalue weighted by atomic mass is 16.6. The number of piperazine rings is 1. The maximum Gasteiger partial charge on any atom is 0.410 e. The molecule has 0 bridgehead atoms. The van der Waals surface area contributed by atoms with Crippen LogP contribution in [0.5, 0.6) is 11.5 Å². The van der Waals surface area contributed by atoms with Crippen molar-refractivity contribution in [1.29, 1.82) is 0 Å². The summed E-state index contributed by atoms with van der Waals surface area (Å²) in [6.45, 7) is 11.4. The maximum absolute atomic E-state index is 12.6. The van der Waals surface area contributed by atoms with Crippen molar-refractivity contribution in [3.05, 3.63) is 36.0 Å². The fourth-order valence-corrected chi connectivity index (χ4v) is 4.81. The number of anilines is 1. The summed E-state index contributed by atoms with van der Waals surface area (Å²) in [5.41, 5.74) is 3.22. The SMILES string of the molecule is COc1cc(C)cc(OC)c1-c1cc2cc(NC(=O)NCCN3CCN(C(=O)OC(C)(C)C)CC3)ncc2n1C. The Kier molecular flexibility index (Phi) is 8.73. The number of rotatable bonds is 7. The molecule has 40 heavy (non-hydrogen) atoms. The van der Waals surface area contributed by atoms with Crippen molar-refractivity contribution >= 4 is 28.8 Å². The molecular formula is C29H40N6O5. The number of urea groups is 1. The van der Waals surface area contributed by atoms with Crippen LogP contribution in [0.25, 0.3) is 22.2 Å². The third kappa shape index (κ3) is 6.77. The fourth-order valence-electron chi connectivity index (χ4n) is 4.81. The van der Waals surface area contributed by atoms with E-state index in [2.05, 4.69) is 20.5 Å². The van der Waals surface area contributed by atoms with E-state index in [-0.39, 0.29) is 12.1 Å². The number of carbonyl (C=O) groups excluding carboxylic acids is 2. The van der Waals surface area contributed by atoms with Crippen LogP contribution in [0.15, 0.2) is 30.5 Å². The van der Waals surface area contributed by atoms with E-state index in [9.17, 15) is 9.59 Å². The van der Waals surface area contributed by atoms with E-state index in [1.807, 2.05) is 63.6 Å². The van der Waals surface area contributed by atoms with Gasteiger partial charge in [0.25, 0.3) is 0 Å². The molecular weight excluding hydrogens is 512 g/mol. The summed E-state index contributed by atoms with van der Waals surface area (Å²) >= 11 is 0. The molecule has 11 nitrogen and oxygen atoms in total. The number of hydrogen-bond acceptors (Lipinski definition) is 7. The van der Waals surface area contributed by atoms with Crippen molar-refractivity contribution in [3.8, 4) is 22.8 Å². The molecule has 3 amide bonds. The lowest BCUT2D eigenvalue weighted by Crippen LogP contribution is -2.51. The molecule has 0 radical (unpaired) electrons. The molecule has 1 aliphatic rings. The van der Waals surface area contributed by atoms with Crippen LogP contribution < -0.4 is 20.1 Å². The quantitative estimate of drug-likeness (QED) is 0.451. The van der Waals surface area contributed by atoms with Crippen molar-refractivity contribution in [2.45, 2.75) is 33.3 Å². The van der Waals surface area contributed by atoms with E-state index >= 15 is 0 Å². The Balaban J connectivity index is 1.33. The number of carbonyl (C=O) groups is 2. The number of nitrogens with zero attached hydrogens (tertiary/aromatic N) is 4. The van der Waals surface area contributed by atoms with E-state index in [1.165, 1.54) is 0 Å². The topological polar surface area (TPSA) is 110 Å². The highest BCUT2D eigenvalue weighted by Gasteiger charge is 2.25. The number of methoxy groups -OCH3 is 2. The molecule has 0 unspecified atom stereocenters. The lowest BCUT2D eigenvalue weighted by molar-refractivity contribution is 0.0147. The number of hydrogen-bond donors (Lipinski definition) is 2. The molecule has 216 valence electrons. The van der Waals surface area contributed by atoms with Crippen molar-refractivity contribution in [2.24, 2.45) is 7.05 Å². The molecule has 0 saturated carbocycles. The van der Waals surface area contributed by atoms with Crippen molar-refractivity contribution in [3.63, 3.8) is 0 Å². The molecule has 1 aliphatic heterocycles. The minimum Gasteiger partial charge on any atom is -0.496 e. The number of pyridine rings is 1. The molecule has 1 saturated heterocycles. The summed E-state index contributed by atoms with van der Waals surface area (Å²) in [6, 6.07) is 7.52. The number of ether oxygens (including phenoxy) is 3. The second-order valence-corrected chi connectivity index (χ2v) is 11.0. The van der Waals surface area contributed by atoms with Gasteiger partial charge in [-0.25, -0.2) is 14.6 Å². The van der Waals surface area contributed by atoms with Crippen LogP contribution in [0.3, 0.4) is 0 Å². The largest absolute Gasteiger partial charge is 0.496 e. The van der Waals surface area contributed by atoms with Crippen molar-refractivity contribution in [1.82, 2.24) is 24.7 Å². The van der Waals surface area contributed by atoms with Gasteiger partial charge >= 0.3 is 12.1 Å². The Morgan fingerprint density at radius 1 is 1.00 bits per heavy atom. The average Bonchev–Trinajstić information content (AvgIpc) is 3.22. The fraction of sp³-hybridized carbons (Fsp3) is 0.483. The molecule has 11 heteroatoms. The first-order valence-electron chi connectivity index (χ1n) is 13.4. The summed E-state index contributed by atoms with van der Waals surface area (Å²) in [5, 5.41) is 6.65. The smallest absolute Gasteiger partial charge is 0.410 e. The zero-order valence-electron chi connectivity index (χ0n) is 24.5. The van der Waals surface area contributed by atoms with Gasteiger partial charge in [0.15, 0.2) is 0 Å². The van der Waals surface area contributed by atoms with Gasteiger partial charge < -0.3 is 29.0 Å². The Bertz CT molecular complexity index is 1350. The van der Waals surface area contributed by atoms with Crippen LogP contribution in [0.2, 0.25) is 0 Å². The van der Waals surface area contributed by atoms with E-state index in [0.29, 0.717) is 32.0 Å². The predicted molar refractivity (Wildman–Crippen MR) is 155 cm³/mol. The first-order chi connectivity index (χ1) is 19.0. The molecule has 2 N–H and O–H groups in total. The van der Waals surface area contributed by atoms with Crippen LogP contribution in [0.1, 0.15) is 26.3 Å². The number of aryl methyl sites for hydroxylation is 2. The number of nitrogens with one attached hydrogen (secondary N) is 2. The van der Waals surface area contributed by atoms with Gasteiger partial charge in [0.2, 0.25) is 0 Å². The predicted octanol–water partition coefficient (Wildman–Crippen LogP) is 4.24. The minimum absolute atomic E-state index is 0.281. The molecule has 0 atom stereocenters. The zero-order valence-corrected chi connectivity index (χ0v) is 24.5. The zero-order chi connectivity index (χ0) is 29.0. The van der Waals surface area contributed by atoms with Gasteiger partial charge in [-0.1, -0.05) is 0 Å². The van der Waals surface area contributed by atoms with E-state index < -0.39 is 5.60 Å². The van der Waals surface area contributed by atoms with Gasteiger partial charge in [0.1, 0.15) is 22.9 Å². The van der Waals surface area contributed by atoms with Crippen LogP contribution in [-0.4, -0.2) is 90.6 Å². The average molecular weight is 553 g/mol.